The van der Waals surface area contributed by atoms with E-state index in [0.717, 1.165) is 18.6 Å². The summed E-state index contributed by atoms with van der Waals surface area (Å²) in [5, 5.41) is 11.3. The van der Waals surface area contributed by atoms with E-state index in [1.54, 1.807) is 25.7 Å². The zero-order valence-electron chi connectivity index (χ0n) is 16.2. The molecule has 7 heteroatoms. The lowest BCUT2D eigenvalue weighted by molar-refractivity contribution is -0.0975. The molecule has 1 amide bonds. The summed E-state index contributed by atoms with van der Waals surface area (Å²) in [5.74, 6) is -1.76. The van der Waals surface area contributed by atoms with Gasteiger partial charge in [-0.15, -0.1) is 0 Å². The number of ether oxygens (including phenoxy) is 2. The van der Waals surface area contributed by atoms with Gasteiger partial charge in [-0.25, -0.2) is 13.6 Å². The van der Waals surface area contributed by atoms with Crippen LogP contribution in [0.1, 0.15) is 58.4 Å². The number of amides is 1. The van der Waals surface area contributed by atoms with Crippen LogP contribution in [0.5, 0.6) is 5.75 Å². The fourth-order valence-electron chi connectivity index (χ4n) is 4.38. The van der Waals surface area contributed by atoms with Crippen LogP contribution in [0.15, 0.2) is 12.1 Å². The van der Waals surface area contributed by atoms with E-state index in [4.69, 9.17) is 9.47 Å². The predicted molar refractivity (Wildman–Crippen MR) is 95.5 cm³/mol. The molecule has 27 heavy (non-hydrogen) atoms. The average Bonchev–Trinajstić information content (AvgIpc) is 2.51. The summed E-state index contributed by atoms with van der Waals surface area (Å²) in [6.07, 6.45) is 2.30. The van der Waals surface area contributed by atoms with Crippen LogP contribution in [-0.4, -0.2) is 40.9 Å². The summed E-state index contributed by atoms with van der Waals surface area (Å²) in [5.41, 5.74) is -1.99. The second kappa shape index (κ2) is 6.93. The molecule has 2 heterocycles. The Morgan fingerprint density at radius 2 is 1.81 bits per heavy atom. The van der Waals surface area contributed by atoms with Crippen molar-refractivity contribution in [1.29, 1.82) is 0 Å². The first-order chi connectivity index (χ1) is 12.5. The van der Waals surface area contributed by atoms with E-state index >= 15 is 0 Å². The lowest BCUT2D eigenvalue weighted by atomic mass is 9.72. The maximum Gasteiger partial charge on any atom is 0.410 e. The van der Waals surface area contributed by atoms with Gasteiger partial charge < -0.3 is 19.5 Å². The Kier molecular flexibility index (Phi) is 5.10. The van der Waals surface area contributed by atoms with Gasteiger partial charge in [-0.2, -0.15) is 0 Å². The van der Waals surface area contributed by atoms with Crippen LogP contribution in [0.3, 0.4) is 0 Å². The van der Waals surface area contributed by atoms with Gasteiger partial charge >= 0.3 is 6.09 Å². The first-order valence-corrected chi connectivity index (χ1v) is 9.31. The maximum absolute atomic E-state index is 14.2. The van der Waals surface area contributed by atoms with E-state index < -0.39 is 28.9 Å². The van der Waals surface area contributed by atoms with Gasteiger partial charge in [0.2, 0.25) is 0 Å². The van der Waals surface area contributed by atoms with Crippen LogP contribution < -0.4 is 4.74 Å². The molecule has 3 rings (SSSR count). The number of carbonyl (C=O) groups excluding carboxylic acids is 1. The largest absolute Gasteiger partial charge is 0.493 e. The van der Waals surface area contributed by atoms with Gasteiger partial charge in [0.25, 0.3) is 0 Å². The zero-order valence-corrected chi connectivity index (χ0v) is 16.2. The molecule has 2 aliphatic rings. The summed E-state index contributed by atoms with van der Waals surface area (Å²) in [4.78, 5) is 14.4. The number of hydrogen-bond acceptors (Lipinski definition) is 4. The summed E-state index contributed by atoms with van der Waals surface area (Å²) >= 11 is 0. The van der Waals surface area contributed by atoms with Crippen LogP contribution in [-0.2, 0) is 10.3 Å². The van der Waals surface area contributed by atoms with E-state index in [-0.39, 0.29) is 36.2 Å². The Morgan fingerprint density at radius 3 is 2.33 bits per heavy atom. The van der Waals surface area contributed by atoms with E-state index in [9.17, 15) is 18.7 Å². The molecule has 150 valence electrons. The number of fused-ring (bicyclic) bond motifs is 2. The lowest BCUT2D eigenvalue weighted by Gasteiger charge is -2.52. The van der Waals surface area contributed by atoms with Gasteiger partial charge in [-0.3, -0.25) is 0 Å². The standard InChI is InChI=1S/C20H27F2NO4/c1-19(2,3)27-18(24)23-13-6-5-7-14(23)11-20(25,10-13)15-8-12(21)9-16(22)17(15)26-4/h8-9,13-14,25H,5-7,10-11H2,1-4H3. The highest BCUT2D eigenvalue weighted by Crippen LogP contribution is 2.47. The van der Waals surface area contributed by atoms with Crippen LogP contribution in [0.4, 0.5) is 13.6 Å². The van der Waals surface area contributed by atoms with E-state index in [1.165, 1.54) is 7.11 Å². The Bertz CT molecular complexity index is 717. The number of carbonyl (C=O) groups is 1. The van der Waals surface area contributed by atoms with E-state index in [2.05, 4.69) is 0 Å². The van der Waals surface area contributed by atoms with Crippen molar-refractivity contribution in [3.05, 3.63) is 29.3 Å². The Balaban J connectivity index is 1.93. The van der Waals surface area contributed by atoms with Crippen molar-refractivity contribution >= 4 is 6.09 Å². The SMILES string of the molecule is COc1c(F)cc(F)cc1C1(O)CC2CCCC(C1)N2C(=O)OC(C)(C)C. The Labute approximate surface area is 158 Å². The van der Waals surface area contributed by atoms with Gasteiger partial charge in [0.15, 0.2) is 11.6 Å². The maximum atomic E-state index is 14.2. The number of piperidine rings is 2. The Morgan fingerprint density at radius 1 is 1.22 bits per heavy atom. The second-order valence-electron chi connectivity index (χ2n) is 8.53. The number of rotatable bonds is 2. The quantitative estimate of drug-likeness (QED) is 0.835. The molecular formula is C20H27F2NO4. The second-order valence-corrected chi connectivity index (χ2v) is 8.53. The number of methoxy groups -OCH3 is 1. The summed E-state index contributed by atoms with van der Waals surface area (Å²) < 4.78 is 38.7. The summed E-state index contributed by atoms with van der Waals surface area (Å²) in [6.45, 7) is 5.42. The fraction of sp³-hybridized carbons (Fsp3) is 0.650. The van der Waals surface area contributed by atoms with Crippen molar-refractivity contribution in [2.24, 2.45) is 0 Å². The molecule has 2 aliphatic heterocycles. The van der Waals surface area contributed by atoms with Crippen molar-refractivity contribution in [1.82, 2.24) is 4.90 Å². The molecule has 2 bridgehead atoms. The first-order valence-electron chi connectivity index (χ1n) is 9.31. The number of hydrogen-bond donors (Lipinski definition) is 1. The summed E-state index contributed by atoms with van der Waals surface area (Å²) in [6, 6.07) is 1.35. The monoisotopic (exact) mass is 383 g/mol. The van der Waals surface area contributed by atoms with Gasteiger partial charge in [0.05, 0.1) is 12.7 Å². The van der Waals surface area contributed by atoms with Gasteiger partial charge in [0, 0.05) is 36.6 Å². The molecule has 1 N–H and O–H groups in total. The van der Waals surface area contributed by atoms with Crippen molar-refractivity contribution in [2.75, 3.05) is 7.11 Å². The molecule has 2 atom stereocenters. The number of benzene rings is 1. The van der Waals surface area contributed by atoms with Crippen LogP contribution in [0.2, 0.25) is 0 Å². The molecule has 2 fully saturated rings. The first kappa shape index (κ1) is 19.9. The minimum Gasteiger partial charge on any atom is -0.493 e. The van der Waals surface area contributed by atoms with Crippen molar-refractivity contribution in [3.63, 3.8) is 0 Å². The molecule has 0 radical (unpaired) electrons. The molecule has 0 aliphatic carbocycles. The third-order valence-corrected chi connectivity index (χ3v) is 5.33. The molecule has 2 saturated heterocycles. The fourth-order valence-corrected chi connectivity index (χ4v) is 4.38. The highest BCUT2D eigenvalue weighted by atomic mass is 19.1. The van der Waals surface area contributed by atoms with Crippen LogP contribution in [0, 0.1) is 11.6 Å². The van der Waals surface area contributed by atoms with E-state index in [0.29, 0.717) is 12.8 Å². The molecule has 0 saturated carbocycles. The highest BCUT2D eigenvalue weighted by molar-refractivity contribution is 5.69. The van der Waals surface area contributed by atoms with Gasteiger partial charge in [0.1, 0.15) is 11.4 Å². The molecule has 5 nitrogen and oxygen atoms in total. The number of nitrogens with zero attached hydrogens (tertiary/aromatic N) is 1. The molecular weight excluding hydrogens is 356 g/mol. The van der Waals surface area contributed by atoms with Gasteiger partial charge in [-0.05, 0) is 46.1 Å². The average molecular weight is 383 g/mol. The van der Waals surface area contributed by atoms with Crippen molar-refractivity contribution in [3.8, 4) is 5.75 Å². The van der Waals surface area contributed by atoms with Crippen LogP contribution >= 0.6 is 0 Å². The lowest BCUT2D eigenvalue weighted by Crippen LogP contribution is -2.59. The topological polar surface area (TPSA) is 59.0 Å². The minimum absolute atomic E-state index is 0.100. The normalized spacial score (nSPS) is 28.0. The van der Waals surface area contributed by atoms with Crippen LogP contribution in [0.25, 0.3) is 0 Å². The predicted octanol–water partition coefficient (Wildman–Crippen LogP) is 4.11. The molecule has 1 aromatic rings. The highest BCUT2D eigenvalue weighted by Gasteiger charge is 2.50. The molecule has 0 spiro atoms. The number of halogens is 2. The Hall–Kier alpha value is -1.89. The number of aliphatic hydroxyl groups is 1. The summed E-state index contributed by atoms with van der Waals surface area (Å²) in [7, 11) is 1.29. The zero-order chi connectivity index (χ0) is 20.0. The van der Waals surface area contributed by atoms with Crippen molar-refractivity contribution in [2.45, 2.75) is 76.2 Å². The third kappa shape index (κ3) is 3.88. The van der Waals surface area contributed by atoms with Gasteiger partial charge in [-0.1, -0.05) is 0 Å². The minimum atomic E-state index is -1.47. The smallest absolute Gasteiger partial charge is 0.410 e. The molecule has 2 unspecified atom stereocenters. The molecule has 1 aromatic carbocycles. The van der Waals surface area contributed by atoms with Crippen molar-refractivity contribution < 1.29 is 28.2 Å². The van der Waals surface area contributed by atoms with E-state index in [1.807, 2.05) is 0 Å². The molecule has 0 aromatic heterocycles. The third-order valence-electron chi connectivity index (χ3n) is 5.33.